The van der Waals surface area contributed by atoms with E-state index in [4.69, 9.17) is 9.47 Å². The number of hydrogen-bond donors (Lipinski definition) is 0. The molecule has 0 saturated carbocycles. The summed E-state index contributed by atoms with van der Waals surface area (Å²) in [6, 6.07) is 0. The van der Waals surface area contributed by atoms with E-state index in [1.807, 2.05) is 0 Å². The molecule has 1 aliphatic rings. The topological polar surface area (TPSA) is 38.8 Å². The zero-order valence-corrected chi connectivity index (χ0v) is 27.5. The van der Waals surface area contributed by atoms with Crippen LogP contribution in [-0.2, 0) is 14.3 Å². The maximum absolute atomic E-state index is 12.7. The van der Waals surface area contributed by atoms with Gasteiger partial charge in [0.1, 0.15) is 0 Å². The van der Waals surface area contributed by atoms with Crippen molar-refractivity contribution in [3.63, 3.8) is 0 Å². The van der Waals surface area contributed by atoms with E-state index in [0.717, 1.165) is 39.1 Å². The third kappa shape index (κ3) is 23.0. The molecule has 0 aromatic heterocycles. The number of rotatable bonds is 29. The summed E-state index contributed by atoms with van der Waals surface area (Å²) in [6.45, 7) is 9.16. The first kappa shape index (κ1) is 37.4. The number of likely N-dealkylation sites (tertiary alicyclic amines) is 1. The normalized spacial score (nSPS) is 15.5. The van der Waals surface area contributed by atoms with Crippen LogP contribution in [0.1, 0.15) is 174 Å². The molecule has 40 heavy (non-hydrogen) atoms. The SMILES string of the molecule is CCCCCCCCCCC(CCCCCCCCCOCCCCCCCC)COC(=O)C1CCN(C)CC1. The molecule has 0 aliphatic carbocycles. The Kier molecular flexibility index (Phi) is 26.7. The maximum atomic E-state index is 12.7. The largest absolute Gasteiger partial charge is 0.465 e. The molecule has 238 valence electrons. The highest BCUT2D eigenvalue weighted by molar-refractivity contribution is 5.72. The summed E-state index contributed by atoms with van der Waals surface area (Å²) in [5, 5.41) is 0. The van der Waals surface area contributed by atoms with E-state index < -0.39 is 0 Å². The first-order chi connectivity index (χ1) is 19.7. The zero-order chi connectivity index (χ0) is 28.9. The standard InChI is InChI=1S/C36H71NO3/c1-4-6-8-10-12-14-17-21-25-34(33-40-36(38)35-27-29-37(3)30-28-35)26-22-18-15-13-16-20-24-32-39-31-23-19-11-9-7-5-2/h34-35H,4-33H2,1-3H3. The smallest absolute Gasteiger partial charge is 0.309 e. The first-order valence-corrected chi connectivity index (χ1v) is 18.1. The molecule has 1 heterocycles. The average molecular weight is 566 g/mol. The Morgan fingerprint density at radius 3 is 1.48 bits per heavy atom. The Morgan fingerprint density at radius 2 is 1.02 bits per heavy atom. The van der Waals surface area contributed by atoms with Crippen molar-refractivity contribution in [2.45, 2.75) is 174 Å². The van der Waals surface area contributed by atoms with E-state index in [0.29, 0.717) is 12.5 Å². The molecule has 1 aliphatic heterocycles. The van der Waals surface area contributed by atoms with Crippen molar-refractivity contribution in [2.24, 2.45) is 11.8 Å². The first-order valence-electron chi connectivity index (χ1n) is 18.1. The Balaban J connectivity index is 2.10. The molecule has 1 atom stereocenters. The molecule has 0 aromatic rings. The monoisotopic (exact) mass is 566 g/mol. The lowest BCUT2D eigenvalue weighted by Gasteiger charge is -2.28. The van der Waals surface area contributed by atoms with Gasteiger partial charge in [0.05, 0.1) is 12.5 Å². The molecule has 0 radical (unpaired) electrons. The summed E-state index contributed by atoms with van der Waals surface area (Å²) in [6.07, 6.45) is 32.5. The van der Waals surface area contributed by atoms with Gasteiger partial charge in [-0.05, 0) is 64.6 Å². The van der Waals surface area contributed by atoms with Crippen molar-refractivity contribution in [2.75, 3.05) is 40.0 Å². The van der Waals surface area contributed by atoms with Crippen molar-refractivity contribution < 1.29 is 14.3 Å². The molecule has 1 unspecified atom stereocenters. The fraction of sp³-hybridized carbons (Fsp3) is 0.972. The minimum Gasteiger partial charge on any atom is -0.465 e. The van der Waals surface area contributed by atoms with Gasteiger partial charge in [0.15, 0.2) is 0 Å². The maximum Gasteiger partial charge on any atom is 0.309 e. The number of esters is 1. The van der Waals surface area contributed by atoms with Gasteiger partial charge in [0, 0.05) is 13.2 Å². The van der Waals surface area contributed by atoms with E-state index in [2.05, 4.69) is 25.8 Å². The molecule has 1 rings (SSSR count). The van der Waals surface area contributed by atoms with Crippen LogP contribution in [0.5, 0.6) is 0 Å². The van der Waals surface area contributed by atoms with Crippen LogP contribution in [0.2, 0.25) is 0 Å². The van der Waals surface area contributed by atoms with Gasteiger partial charge in [-0.2, -0.15) is 0 Å². The molecular formula is C36H71NO3. The van der Waals surface area contributed by atoms with Gasteiger partial charge >= 0.3 is 5.97 Å². The number of piperidine rings is 1. The van der Waals surface area contributed by atoms with Gasteiger partial charge in [-0.3, -0.25) is 4.79 Å². The Labute approximate surface area is 251 Å². The molecule has 0 aromatic carbocycles. The van der Waals surface area contributed by atoms with E-state index >= 15 is 0 Å². The van der Waals surface area contributed by atoms with Gasteiger partial charge in [0.25, 0.3) is 0 Å². The Bertz CT molecular complexity index is 532. The number of hydrogen-bond acceptors (Lipinski definition) is 4. The molecule has 0 bridgehead atoms. The van der Waals surface area contributed by atoms with Crippen LogP contribution in [0.3, 0.4) is 0 Å². The summed E-state index contributed by atoms with van der Waals surface area (Å²) in [7, 11) is 2.15. The van der Waals surface area contributed by atoms with Crippen molar-refractivity contribution in [1.29, 1.82) is 0 Å². The van der Waals surface area contributed by atoms with E-state index in [9.17, 15) is 4.79 Å². The summed E-state index contributed by atoms with van der Waals surface area (Å²) in [5.74, 6) is 0.755. The third-order valence-electron chi connectivity index (χ3n) is 9.02. The molecular weight excluding hydrogens is 494 g/mol. The number of carbonyl (C=O) groups excluding carboxylic acids is 1. The summed E-state index contributed by atoms with van der Waals surface area (Å²) in [4.78, 5) is 15.0. The van der Waals surface area contributed by atoms with Crippen LogP contribution in [0, 0.1) is 11.8 Å². The van der Waals surface area contributed by atoms with Crippen LogP contribution in [0.15, 0.2) is 0 Å². The third-order valence-corrected chi connectivity index (χ3v) is 9.02. The molecule has 0 amide bonds. The van der Waals surface area contributed by atoms with Gasteiger partial charge in [-0.1, -0.05) is 136 Å². The lowest BCUT2D eigenvalue weighted by Crippen LogP contribution is -2.34. The molecule has 1 fully saturated rings. The van der Waals surface area contributed by atoms with Crippen LogP contribution in [0.25, 0.3) is 0 Å². The molecule has 0 spiro atoms. The second-order valence-electron chi connectivity index (χ2n) is 13.0. The Morgan fingerprint density at radius 1 is 0.625 bits per heavy atom. The quantitative estimate of drug-likeness (QED) is 0.0668. The predicted molar refractivity (Wildman–Crippen MR) is 173 cm³/mol. The minimum absolute atomic E-state index is 0.0741. The minimum atomic E-state index is 0.0741. The van der Waals surface area contributed by atoms with Gasteiger partial charge < -0.3 is 14.4 Å². The van der Waals surface area contributed by atoms with Gasteiger partial charge in [-0.25, -0.2) is 0 Å². The summed E-state index contributed by atoms with van der Waals surface area (Å²) in [5.41, 5.74) is 0. The van der Waals surface area contributed by atoms with Crippen LogP contribution in [-0.4, -0.2) is 50.8 Å². The highest BCUT2D eigenvalue weighted by Crippen LogP contribution is 2.22. The number of ether oxygens (including phenoxy) is 2. The number of nitrogens with zero attached hydrogens (tertiary/aromatic N) is 1. The fourth-order valence-electron chi connectivity index (χ4n) is 6.05. The van der Waals surface area contributed by atoms with Crippen molar-refractivity contribution in [1.82, 2.24) is 4.90 Å². The zero-order valence-electron chi connectivity index (χ0n) is 27.5. The predicted octanol–water partition coefficient (Wildman–Crippen LogP) is 10.5. The van der Waals surface area contributed by atoms with Crippen molar-refractivity contribution >= 4 is 5.97 Å². The fourth-order valence-corrected chi connectivity index (χ4v) is 6.05. The van der Waals surface area contributed by atoms with E-state index in [1.165, 1.54) is 148 Å². The van der Waals surface area contributed by atoms with E-state index in [1.54, 1.807) is 0 Å². The van der Waals surface area contributed by atoms with Crippen LogP contribution >= 0.6 is 0 Å². The van der Waals surface area contributed by atoms with Crippen molar-refractivity contribution in [3.8, 4) is 0 Å². The second kappa shape index (κ2) is 28.5. The highest BCUT2D eigenvalue weighted by Gasteiger charge is 2.25. The second-order valence-corrected chi connectivity index (χ2v) is 13.0. The number of unbranched alkanes of at least 4 members (excludes halogenated alkanes) is 18. The van der Waals surface area contributed by atoms with Crippen molar-refractivity contribution in [3.05, 3.63) is 0 Å². The van der Waals surface area contributed by atoms with Gasteiger partial charge in [0.2, 0.25) is 0 Å². The lowest BCUT2D eigenvalue weighted by atomic mass is 9.94. The number of carbonyl (C=O) groups is 1. The Hall–Kier alpha value is -0.610. The molecule has 0 N–H and O–H groups in total. The van der Waals surface area contributed by atoms with Crippen LogP contribution in [0.4, 0.5) is 0 Å². The molecule has 4 nitrogen and oxygen atoms in total. The van der Waals surface area contributed by atoms with E-state index in [-0.39, 0.29) is 11.9 Å². The average Bonchev–Trinajstić information content (AvgIpc) is 2.96. The summed E-state index contributed by atoms with van der Waals surface area (Å²) < 4.78 is 11.7. The van der Waals surface area contributed by atoms with Gasteiger partial charge in [-0.15, -0.1) is 0 Å². The van der Waals surface area contributed by atoms with Crippen LogP contribution < -0.4 is 0 Å². The molecule has 4 heteroatoms. The summed E-state index contributed by atoms with van der Waals surface area (Å²) >= 11 is 0. The highest BCUT2D eigenvalue weighted by atomic mass is 16.5. The molecule has 1 saturated heterocycles. The lowest BCUT2D eigenvalue weighted by molar-refractivity contribution is -0.151.